The van der Waals surface area contributed by atoms with Crippen molar-refractivity contribution < 1.29 is 14.7 Å². The van der Waals surface area contributed by atoms with Crippen molar-refractivity contribution in [3.05, 3.63) is 48.0 Å². The molecule has 0 unspecified atom stereocenters. The van der Waals surface area contributed by atoms with E-state index in [-0.39, 0.29) is 17.6 Å². The van der Waals surface area contributed by atoms with Gasteiger partial charge in [-0.3, -0.25) is 4.79 Å². The molecule has 2 rings (SSSR count). The van der Waals surface area contributed by atoms with Gasteiger partial charge in [-0.05, 0) is 38.1 Å². The van der Waals surface area contributed by atoms with Crippen molar-refractivity contribution in [2.24, 2.45) is 0 Å². The number of anilines is 1. The minimum atomic E-state index is -1.13. The molecule has 0 atom stereocenters. The maximum atomic E-state index is 12.2. The zero-order chi connectivity index (χ0) is 14.7. The number of nitrogens with zero attached hydrogens (tertiary/aromatic N) is 2. The van der Waals surface area contributed by atoms with E-state index in [0.717, 1.165) is 0 Å². The van der Waals surface area contributed by atoms with Crippen molar-refractivity contribution in [3.8, 4) is 0 Å². The molecule has 6 heteroatoms. The molecular weight excluding hydrogens is 258 g/mol. The van der Waals surface area contributed by atoms with E-state index in [0.29, 0.717) is 11.4 Å². The number of rotatable bonds is 4. The molecule has 0 aliphatic heterocycles. The summed E-state index contributed by atoms with van der Waals surface area (Å²) >= 11 is 0. The van der Waals surface area contributed by atoms with Crippen LogP contribution in [0.15, 0.2) is 36.7 Å². The first-order valence-corrected chi connectivity index (χ1v) is 6.16. The Morgan fingerprint density at radius 2 is 2.10 bits per heavy atom. The van der Waals surface area contributed by atoms with Crippen LogP contribution in [-0.2, 0) is 0 Å². The first kappa shape index (κ1) is 13.8. The van der Waals surface area contributed by atoms with Gasteiger partial charge in [0.2, 0.25) is 0 Å². The molecule has 2 aromatic heterocycles. The van der Waals surface area contributed by atoms with E-state index < -0.39 is 5.97 Å². The molecule has 6 nitrogen and oxygen atoms in total. The van der Waals surface area contributed by atoms with Crippen LogP contribution in [0.4, 0.5) is 5.69 Å². The fourth-order valence-corrected chi connectivity index (χ4v) is 1.86. The van der Waals surface area contributed by atoms with Crippen LogP contribution < -0.4 is 5.32 Å². The number of hydrogen-bond donors (Lipinski definition) is 2. The lowest BCUT2D eigenvalue weighted by molar-refractivity contribution is 0.0690. The molecule has 0 radical (unpaired) electrons. The van der Waals surface area contributed by atoms with Crippen LogP contribution >= 0.6 is 0 Å². The monoisotopic (exact) mass is 273 g/mol. The summed E-state index contributed by atoms with van der Waals surface area (Å²) in [5.74, 6) is -1.42. The Morgan fingerprint density at radius 3 is 2.75 bits per heavy atom. The molecule has 0 aliphatic carbocycles. The summed E-state index contributed by atoms with van der Waals surface area (Å²) in [7, 11) is 0. The lowest BCUT2D eigenvalue weighted by atomic mass is 10.3. The first-order chi connectivity index (χ1) is 9.49. The van der Waals surface area contributed by atoms with Gasteiger partial charge in [-0.2, -0.15) is 0 Å². The highest BCUT2D eigenvalue weighted by atomic mass is 16.4. The van der Waals surface area contributed by atoms with Crippen molar-refractivity contribution in [2.45, 2.75) is 19.9 Å². The number of carbonyl (C=O) groups excluding carboxylic acids is 1. The molecule has 2 heterocycles. The van der Waals surface area contributed by atoms with E-state index in [1.54, 1.807) is 18.2 Å². The van der Waals surface area contributed by atoms with E-state index in [9.17, 15) is 9.59 Å². The van der Waals surface area contributed by atoms with Gasteiger partial charge in [-0.15, -0.1) is 0 Å². The quantitative estimate of drug-likeness (QED) is 0.896. The van der Waals surface area contributed by atoms with E-state index >= 15 is 0 Å². The van der Waals surface area contributed by atoms with Gasteiger partial charge in [0.1, 0.15) is 11.4 Å². The van der Waals surface area contributed by atoms with Crippen LogP contribution in [0.5, 0.6) is 0 Å². The maximum Gasteiger partial charge on any atom is 0.354 e. The second-order valence-corrected chi connectivity index (χ2v) is 4.58. The summed E-state index contributed by atoms with van der Waals surface area (Å²) in [6.45, 7) is 3.96. The van der Waals surface area contributed by atoms with Crippen LogP contribution in [0, 0.1) is 0 Å². The van der Waals surface area contributed by atoms with Crippen molar-refractivity contribution in [3.63, 3.8) is 0 Å². The topological polar surface area (TPSA) is 84.2 Å². The summed E-state index contributed by atoms with van der Waals surface area (Å²) in [4.78, 5) is 26.7. The fraction of sp³-hybridized carbons (Fsp3) is 0.214. The van der Waals surface area contributed by atoms with Crippen molar-refractivity contribution in [1.29, 1.82) is 0 Å². The van der Waals surface area contributed by atoms with Crippen LogP contribution in [0.2, 0.25) is 0 Å². The lowest BCUT2D eigenvalue weighted by Crippen LogP contribution is -2.18. The van der Waals surface area contributed by atoms with Gasteiger partial charge in [-0.1, -0.05) is 0 Å². The summed E-state index contributed by atoms with van der Waals surface area (Å²) < 4.78 is 1.84. The van der Waals surface area contributed by atoms with Crippen LogP contribution in [0.1, 0.15) is 40.9 Å². The minimum absolute atomic E-state index is 0.109. The minimum Gasteiger partial charge on any atom is -0.477 e. The average Bonchev–Trinajstić information content (AvgIpc) is 2.88. The van der Waals surface area contributed by atoms with Gasteiger partial charge < -0.3 is 15.0 Å². The summed E-state index contributed by atoms with van der Waals surface area (Å²) in [5.41, 5.74) is 0.814. The highest BCUT2D eigenvalue weighted by Gasteiger charge is 2.13. The zero-order valence-electron chi connectivity index (χ0n) is 11.2. The number of pyridine rings is 1. The van der Waals surface area contributed by atoms with Crippen LogP contribution in [-0.4, -0.2) is 26.5 Å². The predicted octanol–water partition coefficient (Wildman–Crippen LogP) is 2.41. The number of carboxylic acid groups (broad SMARTS) is 1. The summed E-state index contributed by atoms with van der Waals surface area (Å²) in [6, 6.07) is 6.55. The number of amides is 1. The Hall–Kier alpha value is -2.63. The molecule has 0 saturated heterocycles. The molecule has 0 bridgehead atoms. The van der Waals surface area contributed by atoms with E-state index in [4.69, 9.17) is 5.11 Å². The van der Waals surface area contributed by atoms with E-state index in [1.165, 1.54) is 12.3 Å². The number of hydrogen-bond acceptors (Lipinski definition) is 3. The van der Waals surface area contributed by atoms with Crippen LogP contribution in [0.25, 0.3) is 0 Å². The van der Waals surface area contributed by atoms with Gasteiger partial charge in [0.05, 0.1) is 0 Å². The molecule has 0 aromatic carbocycles. The lowest BCUT2D eigenvalue weighted by Gasteiger charge is -2.12. The number of aromatic carboxylic acids is 1. The SMILES string of the molecule is CC(C)n1cccc1C(=O)Nc1ccnc(C(=O)O)c1. The number of aromatic nitrogens is 2. The number of nitrogens with one attached hydrogen (secondary N) is 1. The van der Waals surface area contributed by atoms with Gasteiger partial charge in [0.15, 0.2) is 0 Å². The highest BCUT2D eigenvalue weighted by Crippen LogP contribution is 2.14. The Balaban J connectivity index is 2.21. The normalized spacial score (nSPS) is 10.6. The Labute approximate surface area is 116 Å². The van der Waals surface area contributed by atoms with Crippen molar-refractivity contribution in [2.75, 3.05) is 5.32 Å². The van der Waals surface area contributed by atoms with Gasteiger partial charge in [-0.25, -0.2) is 9.78 Å². The molecule has 2 N–H and O–H groups in total. The fourth-order valence-electron chi connectivity index (χ4n) is 1.86. The molecule has 0 fully saturated rings. The second-order valence-electron chi connectivity index (χ2n) is 4.58. The van der Waals surface area contributed by atoms with Crippen LogP contribution in [0.3, 0.4) is 0 Å². The smallest absolute Gasteiger partial charge is 0.354 e. The second kappa shape index (κ2) is 5.56. The molecule has 0 aliphatic rings. The van der Waals surface area contributed by atoms with Crippen molar-refractivity contribution >= 4 is 17.6 Å². The highest BCUT2D eigenvalue weighted by molar-refractivity contribution is 6.03. The molecule has 104 valence electrons. The molecule has 2 aromatic rings. The van der Waals surface area contributed by atoms with Gasteiger partial charge in [0.25, 0.3) is 5.91 Å². The van der Waals surface area contributed by atoms with E-state index in [2.05, 4.69) is 10.3 Å². The number of carbonyl (C=O) groups is 2. The number of carboxylic acids is 1. The van der Waals surface area contributed by atoms with Crippen molar-refractivity contribution in [1.82, 2.24) is 9.55 Å². The molecule has 0 saturated carbocycles. The third-order valence-electron chi connectivity index (χ3n) is 2.80. The molecule has 0 spiro atoms. The zero-order valence-corrected chi connectivity index (χ0v) is 11.2. The molecule has 1 amide bonds. The Bertz CT molecular complexity index is 647. The summed E-state index contributed by atoms with van der Waals surface area (Å²) in [6.07, 6.45) is 3.18. The Kier molecular flexibility index (Phi) is 3.84. The largest absolute Gasteiger partial charge is 0.477 e. The maximum absolute atomic E-state index is 12.2. The third-order valence-corrected chi connectivity index (χ3v) is 2.80. The predicted molar refractivity (Wildman–Crippen MR) is 74.0 cm³/mol. The average molecular weight is 273 g/mol. The third kappa shape index (κ3) is 2.85. The molecule has 20 heavy (non-hydrogen) atoms. The van der Waals surface area contributed by atoms with Gasteiger partial charge >= 0.3 is 5.97 Å². The first-order valence-electron chi connectivity index (χ1n) is 6.16. The van der Waals surface area contributed by atoms with E-state index in [1.807, 2.05) is 24.6 Å². The Morgan fingerprint density at radius 1 is 1.35 bits per heavy atom. The van der Waals surface area contributed by atoms with Gasteiger partial charge in [0, 0.05) is 24.1 Å². The summed E-state index contributed by atoms with van der Waals surface area (Å²) in [5, 5.41) is 11.5. The molecular formula is C14H15N3O3. The standard InChI is InChI=1S/C14H15N3O3/c1-9(2)17-7-3-4-12(17)13(18)16-10-5-6-15-11(8-10)14(19)20/h3-9H,1-2H3,(H,19,20)(H,15,16,18).